The molecule has 0 saturated heterocycles. The topological polar surface area (TPSA) is 38.3 Å². The Kier molecular flexibility index (Phi) is 4.77. The number of hydrogen-bond acceptors (Lipinski definition) is 2. The van der Waals surface area contributed by atoms with Crippen LogP contribution in [0, 0.1) is 12.7 Å². The predicted octanol–water partition coefficient (Wildman–Crippen LogP) is 2.96. The van der Waals surface area contributed by atoms with Crippen molar-refractivity contribution >= 4 is 5.91 Å². The van der Waals surface area contributed by atoms with Crippen LogP contribution in [0.1, 0.15) is 37.7 Å². The fraction of sp³-hybridized carbons (Fsp3) is 0.533. The van der Waals surface area contributed by atoms with Crippen molar-refractivity contribution < 1.29 is 13.9 Å². The fourth-order valence-electron chi connectivity index (χ4n) is 2.39. The van der Waals surface area contributed by atoms with Gasteiger partial charge >= 0.3 is 0 Å². The van der Waals surface area contributed by atoms with Crippen LogP contribution in [0.3, 0.4) is 0 Å². The molecule has 0 aliphatic heterocycles. The Morgan fingerprint density at radius 2 is 2.11 bits per heavy atom. The van der Waals surface area contributed by atoms with E-state index in [1.807, 2.05) is 6.92 Å². The van der Waals surface area contributed by atoms with Crippen molar-refractivity contribution in [1.82, 2.24) is 5.32 Å². The summed E-state index contributed by atoms with van der Waals surface area (Å²) in [5, 5.41) is 2.97. The number of nitrogens with one attached hydrogen (secondary N) is 1. The quantitative estimate of drug-likeness (QED) is 0.909. The molecule has 1 N–H and O–H groups in total. The van der Waals surface area contributed by atoms with Crippen LogP contribution in [0.25, 0.3) is 0 Å². The van der Waals surface area contributed by atoms with Crippen molar-refractivity contribution in [3.05, 3.63) is 29.6 Å². The van der Waals surface area contributed by atoms with E-state index in [-0.39, 0.29) is 24.4 Å². The van der Waals surface area contributed by atoms with Crippen LogP contribution in [-0.2, 0) is 4.79 Å². The van der Waals surface area contributed by atoms with E-state index in [2.05, 4.69) is 5.32 Å². The first-order valence-electron chi connectivity index (χ1n) is 6.83. The van der Waals surface area contributed by atoms with Gasteiger partial charge in [-0.1, -0.05) is 25.3 Å². The molecule has 2 rings (SSSR count). The zero-order chi connectivity index (χ0) is 13.7. The zero-order valence-electron chi connectivity index (χ0n) is 11.2. The smallest absolute Gasteiger partial charge is 0.258 e. The maximum absolute atomic E-state index is 13.1. The molecular weight excluding hydrogens is 245 g/mol. The molecule has 0 spiro atoms. The highest BCUT2D eigenvalue weighted by Gasteiger charge is 2.16. The van der Waals surface area contributed by atoms with E-state index in [9.17, 15) is 9.18 Å². The van der Waals surface area contributed by atoms with Gasteiger partial charge in [0.1, 0.15) is 11.6 Å². The summed E-state index contributed by atoms with van der Waals surface area (Å²) in [7, 11) is 0. The maximum atomic E-state index is 13.1. The third kappa shape index (κ3) is 4.23. The molecule has 0 bridgehead atoms. The minimum Gasteiger partial charge on any atom is -0.483 e. The first kappa shape index (κ1) is 13.8. The van der Waals surface area contributed by atoms with Crippen LogP contribution >= 0.6 is 0 Å². The highest BCUT2D eigenvalue weighted by Crippen LogP contribution is 2.19. The van der Waals surface area contributed by atoms with Gasteiger partial charge in [0.2, 0.25) is 0 Å². The first-order chi connectivity index (χ1) is 9.15. The van der Waals surface area contributed by atoms with Gasteiger partial charge in [0.15, 0.2) is 6.61 Å². The molecule has 0 atom stereocenters. The van der Waals surface area contributed by atoms with E-state index in [4.69, 9.17) is 4.74 Å². The number of hydrogen-bond donors (Lipinski definition) is 1. The Balaban J connectivity index is 1.81. The summed E-state index contributed by atoms with van der Waals surface area (Å²) in [5.74, 6) is -0.0531. The SMILES string of the molecule is Cc1ccc(F)cc1OCC(=O)NC1CCCCC1. The number of carbonyl (C=O) groups is 1. The highest BCUT2D eigenvalue weighted by molar-refractivity contribution is 5.77. The molecule has 1 aliphatic rings. The summed E-state index contributed by atoms with van der Waals surface area (Å²) in [5.41, 5.74) is 0.826. The molecular formula is C15H20FNO2. The summed E-state index contributed by atoms with van der Waals surface area (Å²) >= 11 is 0. The fourth-order valence-corrected chi connectivity index (χ4v) is 2.39. The van der Waals surface area contributed by atoms with Gasteiger partial charge in [0.05, 0.1) is 0 Å². The molecule has 4 heteroatoms. The van der Waals surface area contributed by atoms with Gasteiger partial charge in [-0.05, 0) is 31.4 Å². The minimum atomic E-state index is -0.353. The van der Waals surface area contributed by atoms with Gasteiger partial charge < -0.3 is 10.1 Å². The maximum Gasteiger partial charge on any atom is 0.258 e. The summed E-state index contributed by atoms with van der Waals surface area (Å²) in [6, 6.07) is 4.61. The Hall–Kier alpha value is -1.58. The molecule has 1 saturated carbocycles. The van der Waals surface area contributed by atoms with E-state index >= 15 is 0 Å². The van der Waals surface area contributed by atoms with Crippen molar-refractivity contribution in [3.63, 3.8) is 0 Å². The van der Waals surface area contributed by atoms with Crippen LogP contribution in [0.2, 0.25) is 0 Å². The van der Waals surface area contributed by atoms with E-state index in [1.165, 1.54) is 31.4 Å². The van der Waals surface area contributed by atoms with Gasteiger partial charge in [0, 0.05) is 12.1 Å². The lowest BCUT2D eigenvalue weighted by Crippen LogP contribution is -2.39. The van der Waals surface area contributed by atoms with Crippen molar-refractivity contribution in [2.24, 2.45) is 0 Å². The van der Waals surface area contributed by atoms with E-state index < -0.39 is 0 Å². The predicted molar refractivity (Wildman–Crippen MR) is 71.6 cm³/mol. The molecule has 0 unspecified atom stereocenters. The minimum absolute atomic E-state index is 0.0548. The summed E-state index contributed by atoms with van der Waals surface area (Å²) in [6.45, 7) is 1.77. The van der Waals surface area contributed by atoms with Crippen molar-refractivity contribution in [3.8, 4) is 5.75 Å². The van der Waals surface area contributed by atoms with E-state index in [1.54, 1.807) is 6.07 Å². The van der Waals surface area contributed by atoms with E-state index in [0.717, 1.165) is 18.4 Å². The Bertz CT molecular complexity index is 442. The number of amides is 1. The third-order valence-electron chi connectivity index (χ3n) is 3.48. The lowest BCUT2D eigenvalue weighted by molar-refractivity contribution is -0.124. The monoisotopic (exact) mass is 265 g/mol. The second-order valence-corrected chi connectivity index (χ2v) is 5.10. The van der Waals surface area contributed by atoms with Gasteiger partial charge in [-0.15, -0.1) is 0 Å². The summed E-state index contributed by atoms with van der Waals surface area (Å²) in [4.78, 5) is 11.8. The van der Waals surface area contributed by atoms with Crippen molar-refractivity contribution in [2.45, 2.75) is 45.1 Å². The van der Waals surface area contributed by atoms with Crippen LogP contribution < -0.4 is 10.1 Å². The van der Waals surface area contributed by atoms with Crippen LogP contribution in [0.15, 0.2) is 18.2 Å². The van der Waals surface area contributed by atoms with Crippen molar-refractivity contribution in [1.29, 1.82) is 0 Å². The van der Waals surface area contributed by atoms with Gasteiger partial charge in [-0.2, -0.15) is 0 Å². The molecule has 19 heavy (non-hydrogen) atoms. The number of carbonyl (C=O) groups excluding carboxylic acids is 1. The molecule has 0 heterocycles. The molecule has 1 amide bonds. The Morgan fingerprint density at radius 1 is 1.37 bits per heavy atom. The molecule has 0 aromatic heterocycles. The third-order valence-corrected chi connectivity index (χ3v) is 3.48. The summed E-state index contributed by atoms with van der Waals surface area (Å²) < 4.78 is 18.4. The lowest BCUT2D eigenvalue weighted by Gasteiger charge is -2.22. The Morgan fingerprint density at radius 3 is 2.84 bits per heavy atom. The van der Waals surface area contributed by atoms with Crippen LogP contribution in [0.4, 0.5) is 4.39 Å². The highest BCUT2D eigenvalue weighted by atomic mass is 19.1. The number of halogens is 1. The molecule has 104 valence electrons. The number of aryl methyl sites for hydroxylation is 1. The molecule has 1 fully saturated rings. The van der Waals surface area contributed by atoms with Gasteiger partial charge in [0.25, 0.3) is 5.91 Å². The van der Waals surface area contributed by atoms with Gasteiger partial charge in [-0.3, -0.25) is 4.79 Å². The standard InChI is InChI=1S/C15H20FNO2/c1-11-7-8-12(16)9-14(11)19-10-15(18)17-13-5-3-2-4-6-13/h7-9,13H,2-6,10H2,1H3,(H,17,18). The lowest BCUT2D eigenvalue weighted by atomic mass is 9.95. The van der Waals surface area contributed by atoms with Crippen LogP contribution in [-0.4, -0.2) is 18.6 Å². The second kappa shape index (κ2) is 6.55. The van der Waals surface area contributed by atoms with Crippen LogP contribution in [0.5, 0.6) is 5.75 Å². The van der Waals surface area contributed by atoms with E-state index in [0.29, 0.717) is 5.75 Å². The molecule has 1 aromatic rings. The molecule has 3 nitrogen and oxygen atoms in total. The average Bonchev–Trinajstić information content (AvgIpc) is 2.41. The molecule has 1 aromatic carbocycles. The first-order valence-corrected chi connectivity index (χ1v) is 6.83. The summed E-state index contributed by atoms with van der Waals surface area (Å²) in [6.07, 6.45) is 5.70. The largest absolute Gasteiger partial charge is 0.483 e. The second-order valence-electron chi connectivity index (χ2n) is 5.10. The molecule has 1 aliphatic carbocycles. The van der Waals surface area contributed by atoms with Crippen molar-refractivity contribution in [2.75, 3.05) is 6.61 Å². The number of benzene rings is 1. The Labute approximate surface area is 113 Å². The zero-order valence-corrected chi connectivity index (χ0v) is 11.2. The van der Waals surface area contributed by atoms with Gasteiger partial charge in [-0.25, -0.2) is 4.39 Å². The molecule has 0 radical (unpaired) electrons. The number of rotatable bonds is 4. The number of ether oxygens (including phenoxy) is 1. The normalized spacial score (nSPS) is 16.1. The average molecular weight is 265 g/mol.